The number of rotatable bonds is 4. The Kier molecular flexibility index (Phi) is 4.86. The first-order valence-electron chi connectivity index (χ1n) is 6.67. The van der Waals surface area contributed by atoms with Gasteiger partial charge in [-0.3, -0.25) is 4.79 Å². The smallest absolute Gasteiger partial charge is 0.255 e. The van der Waals surface area contributed by atoms with Crippen LogP contribution >= 0.6 is 11.6 Å². The summed E-state index contributed by atoms with van der Waals surface area (Å²) in [4.78, 5) is 12.3. The number of methoxy groups -OCH3 is 1. The quantitative estimate of drug-likeness (QED) is 0.855. The largest absolute Gasteiger partial charge is 0.496 e. The molecule has 2 rings (SSSR count). The first-order valence-corrected chi connectivity index (χ1v) is 7.20. The van der Waals surface area contributed by atoms with Crippen LogP contribution in [0.3, 0.4) is 0 Å². The molecule has 1 N–H and O–H groups in total. The lowest BCUT2D eigenvalue weighted by atomic mass is 10.1. The van der Waals surface area contributed by atoms with Gasteiger partial charge in [0, 0.05) is 22.7 Å². The highest BCUT2D eigenvalue weighted by Gasteiger charge is 2.11. The monoisotopic (exact) mass is 303 g/mol. The van der Waals surface area contributed by atoms with Gasteiger partial charge in [-0.05, 0) is 43.2 Å². The van der Waals surface area contributed by atoms with E-state index in [1.807, 2.05) is 38.1 Å². The van der Waals surface area contributed by atoms with Crippen molar-refractivity contribution in [2.24, 2.45) is 0 Å². The number of amides is 1. The first kappa shape index (κ1) is 15.4. The molecule has 21 heavy (non-hydrogen) atoms. The predicted octanol–water partition coefficient (Wildman–Crippen LogP) is 4.30. The Labute approximate surface area is 129 Å². The van der Waals surface area contributed by atoms with E-state index in [4.69, 9.17) is 16.3 Å². The van der Waals surface area contributed by atoms with Gasteiger partial charge in [0.15, 0.2) is 0 Å². The lowest BCUT2D eigenvalue weighted by Gasteiger charge is -2.14. The van der Waals surface area contributed by atoms with Crippen molar-refractivity contribution in [3.63, 3.8) is 0 Å². The standard InChI is InChI=1S/C17H18ClNO2/c1-11-4-9-15(12(2)16(11)21-3)19-17(20)14-7-5-13(10-18)6-8-14/h4-9H,10H2,1-3H3,(H,19,20). The van der Waals surface area contributed by atoms with Gasteiger partial charge in [0.1, 0.15) is 5.75 Å². The average Bonchev–Trinajstić information content (AvgIpc) is 2.50. The Bertz CT molecular complexity index is 651. The normalized spacial score (nSPS) is 10.3. The molecule has 0 unspecified atom stereocenters. The second-order valence-electron chi connectivity index (χ2n) is 4.87. The molecule has 0 atom stereocenters. The molecule has 4 heteroatoms. The Balaban J connectivity index is 2.23. The van der Waals surface area contributed by atoms with Gasteiger partial charge in [-0.2, -0.15) is 0 Å². The summed E-state index contributed by atoms with van der Waals surface area (Å²) in [5.41, 5.74) is 4.30. The number of benzene rings is 2. The maximum Gasteiger partial charge on any atom is 0.255 e. The lowest BCUT2D eigenvalue weighted by molar-refractivity contribution is 0.102. The molecule has 3 nitrogen and oxygen atoms in total. The molecule has 110 valence electrons. The van der Waals surface area contributed by atoms with Crippen LogP contribution in [0.4, 0.5) is 5.69 Å². The second kappa shape index (κ2) is 6.64. The fourth-order valence-corrected chi connectivity index (χ4v) is 2.39. The molecule has 0 aromatic heterocycles. The van der Waals surface area contributed by atoms with Crippen molar-refractivity contribution in [3.05, 3.63) is 58.7 Å². The molecule has 0 bridgehead atoms. The third-order valence-electron chi connectivity index (χ3n) is 3.43. The van der Waals surface area contributed by atoms with Crippen LogP contribution in [0.2, 0.25) is 0 Å². The number of aryl methyl sites for hydroxylation is 1. The van der Waals surface area contributed by atoms with Crippen molar-refractivity contribution in [2.45, 2.75) is 19.7 Å². The van der Waals surface area contributed by atoms with Crippen molar-refractivity contribution in [3.8, 4) is 5.75 Å². The predicted molar refractivity (Wildman–Crippen MR) is 86.4 cm³/mol. The minimum Gasteiger partial charge on any atom is -0.496 e. The van der Waals surface area contributed by atoms with Crippen LogP contribution in [-0.2, 0) is 5.88 Å². The Hall–Kier alpha value is -2.00. The van der Waals surface area contributed by atoms with E-state index in [-0.39, 0.29) is 5.91 Å². The molecule has 2 aromatic carbocycles. The Morgan fingerprint density at radius 3 is 2.38 bits per heavy atom. The highest BCUT2D eigenvalue weighted by atomic mass is 35.5. The number of halogens is 1. The zero-order valence-electron chi connectivity index (χ0n) is 12.4. The maximum atomic E-state index is 12.3. The maximum absolute atomic E-state index is 12.3. The number of carbonyl (C=O) groups excluding carboxylic acids is 1. The Morgan fingerprint density at radius 1 is 1.14 bits per heavy atom. The zero-order valence-corrected chi connectivity index (χ0v) is 13.1. The zero-order chi connectivity index (χ0) is 15.4. The summed E-state index contributed by atoms with van der Waals surface area (Å²) in [6, 6.07) is 11.1. The number of alkyl halides is 1. The van der Waals surface area contributed by atoms with Gasteiger partial charge >= 0.3 is 0 Å². The topological polar surface area (TPSA) is 38.3 Å². The van der Waals surface area contributed by atoms with Crippen LogP contribution in [0.5, 0.6) is 5.75 Å². The summed E-state index contributed by atoms with van der Waals surface area (Å²) in [5, 5.41) is 2.91. The van der Waals surface area contributed by atoms with Gasteiger partial charge in [-0.25, -0.2) is 0 Å². The molecule has 2 aromatic rings. The van der Waals surface area contributed by atoms with Gasteiger partial charge in [-0.1, -0.05) is 18.2 Å². The lowest BCUT2D eigenvalue weighted by Crippen LogP contribution is -2.13. The van der Waals surface area contributed by atoms with Crippen molar-refractivity contribution >= 4 is 23.2 Å². The summed E-state index contributed by atoms with van der Waals surface area (Å²) in [5.74, 6) is 1.09. The third kappa shape index (κ3) is 3.37. The fourth-order valence-electron chi connectivity index (χ4n) is 2.22. The highest BCUT2D eigenvalue weighted by Crippen LogP contribution is 2.29. The van der Waals surface area contributed by atoms with E-state index in [9.17, 15) is 4.79 Å². The highest BCUT2D eigenvalue weighted by molar-refractivity contribution is 6.17. The molecule has 0 spiro atoms. The Morgan fingerprint density at radius 2 is 1.81 bits per heavy atom. The molecular formula is C17H18ClNO2. The number of nitrogens with one attached hydrogen (secondary N) is 1. The molecule has 0 radical (unpaired) electrons. The molecule has 0 saturated carbocycles. The summed E-state index contributed by atoms with van der Waals surface area (Å²) in [7, 11) is 1.63. The van der Waals surface area contributed by atoms with Crippen molar-refractivity contribution in [2.75, 3.05) is 12.4 Å². The van der Waals surface area contributed by atoms with Crippen LogP contribution in [0, 0.1) is 13.8 Å². The van der Waals surface area contributed by atoms with E-state index in [1.165, 1.54) is 0 Å². The molecule has 0 aliphatic carbocycles. The second-order valence-corrected chi connectivity index (χ2v) is 5.14. The minimum atomic E-state index is -0.148. The number of hydrogen-bond acceptors (Lipinski definition) is 2. The summed E-state index contributed by atoms with van der Waals surface area (Å²) < 4.78 is 5.37. The molecular weight excluding hydrogens is 286 g/mol. The van der Waals surface area contributed by atoms with E-state index in [0.29, 0.717) is 11.4 Å². The summed E-state index contributed by atoms with van der Waals surface area (Å²) in [6.45, 7) is 3.90. The molecule has 0 heterocycles. The SMILES string of the molecule is COc1c(C)ccc(NC(=O)c2ccc(CCl)cc2)c1C. The number of anilines is 1. The average molecular weight is 304 g/mol. The number of ether oxygens (including phenoxy) is 1. The van der Waals surface area contributed by atoms with Crippen molar-refractivity contribution in [1.82, 2.24) is 0 Å². The fraction of sp³-hybridized carbons (Fsp3) is 0.235. The van der Waals surface area contributed by atoms with Crippen molar-refractivity contribution < 1.29 is 9.53 Å². The van der Waals surface area contributed by atoms with Crippen LogP contribution < -0.4 is 10.1 Å². The molecule has 0 aliphatic rings. The van der Waals surface area contributed by atoms with Crippen LogP contribution in [0.25, 0.3) is 0 Å². The molecule has 0 saturated heterocycles. The van der Waals surface area contributed by atoms with Crippen LogP contribution in [0.1, 0.15) is 27.0 Å². The van der Waals surface area contributed by atoms with Crippen LogP contribution in [0.15, 0.2) is 36.4 Å². The van der Waals surface area contributed by atoms with Gasteiger partial charge in [-0.15, -0.1) is 11.6 Å². The first-order chi connectivity index (χ1) is 10.1. The van der Waals surface area contributed by atoms with E-state index >= 15 is 0 Å². The van der Waals surface area contributed by atoms with Gasteiger partial charge in [0.25, 0.3) is 5.91 Å². The van der Waals surface area contributed by atoms with Gasteiger partial charge in [0.05, 0.1) is 7.11 Å². The van der Waals surface area contributed by atoms with E-state index in [0.717, 1.165) is 28.1 Å². The molecule has 0 aliphatic heterocycles. The third-order valence-corrected chi connectivity index (χ3v) is 3.73. The van der Waals surface area contributed by atoms with Gasteiger partial charge in [0.2, 0.25) is 0 Å². The summed E-state index contributed by atoms with van der Waals surface area (Å²) >= 11 is 5.74. The van der Waals surface area contributed by atoms with E-state index < -0.39 is 0 Å². The molecule has 1 amide bonds. The molecule has 0 fully saturated rings. The van der Waals surface area contributed by atoms with E-state index in [1.54, 1.807) is 19.2 Å². The minimum absolute atomic E-state index is 0.148. The number of carbonyl (C=O) groups is 1. The van der Waals surface area contributed by atoms with E-state index in [2.05, 4.69) is 5.32 Å². The summed E-state index contributed by atoms with van der Waals surface area (Å²) in [6.07, 6.45) is 0. The van der Waals surface area contributed by atoms with Gasteiger partial charge < -0.3 is 10.1 Å². The van der Waals surface area contributed by atoms with Crippen LogP contribution in [-0.4, -0.2) is 13.0 Å². The number of hydrogen-bond donors (Lipinski definition) is 1. The van der Waals surface area contributed by atoms with Crippen molar-refractivity contribution in [1.29, 1.82) is 0 Å².